The van der Waals surface area contributed by atoms with Gasteiger partial charge in [0.15, 0.2) is 5.82 Å². The fourth-order valence-corrected chi connectivity index (χ4v) is 2.76. The highest BCUT2D eigenvalue weighted by Crippen LogP contribution is 2.29. The van der Waals surface area contributed by atoms with Crippen LogP contribution in [0.5, 0.6) is 0 Å². The molecule has 0 fully saturated rings. The number of nitrogens with zero attached hydrogens (tertiary/aromatic N) is 3. The van der Waals surface area contributed by atoms with E-state index in [0.29, 0.717) is 23.6 Å². The number of pyridine rings is 1. The Morgan fingerprint density at radius 2 is 2.03 bits per heavy atom. The van der Waals surface area contributed by atoms with Crippen LogP contribution in [0.4, 0.5) is 27.5 Å². The molecule has 0 radical (unpaired) electrons. The topological polar surface area (TPSA) is 91.8 Å². The van der Waals surface area contributed by atoms with Crippen molar-refractivity contribution in [1.82, 2.24) is 15.0 Å². The predicted octanol–water partition coefficient (Wildman–Crippen LogP) is 4.80. The van der Waals surface area contributed by atoms with Gasteiger partial charge in [-0.2, -0.15) is 0 Å². The summed E-state index contributed by atoms with van der Waals surface area (Å²) in [6.45, 7) is 12.4. The molecule has 7 nitrogen and oxygen atoms in total. The van der Waals surface area contributed by atoms with Crippen LogP contribution in [0.15, 0.2) is 43.1 Å². The number of aryl methyl sites for hydroxylation is 1. The SMILES string of the molecule is C=CC(=O)Nc1c(F)cccc1Nc1ncc2cc(C)nc(NCC(C)(C)C)c2n1. The van der Waals surface area contributed by atoms with Gasteiger partial charge in [0, 0.05) is 23.8 Å². The lowest BCUT2D eigenvalue weighted by atomic mass is 9.97. The highest BCUT2D eigenvalue weighted by atomic mass is 19.1. The van der Waals surface area contributed by atoms with Gasteiger partial charge in [0.25, 0.3) is 0 Å². The Kier molecular flexibility index (Phi) is 5.96. The number of carbonyl (C=O) groups excluding carboxylic acids is 1. The maximum absolute atomic E-state index is 14.3. The second-order valence-corrected chi connectivity index (χ2v) is 8.14. The molecule has 30 heavy (non-hydrogen) atoms. The largest absolute Gasteiger partial charge is 0.368 e. The molecule has 3 aromatic rings. The molecular weight excluding hydrogens is 383 g/mol. The van der Waals surface area contributed by atoms with Gasteiger partial charge in [-0.25, -0.2) is 19.3 Å². The Morgan fingerprint density at radius 3 is 2.73 bits per heavy atom. The lowest BCUT2D eigenvalue weighted by Gasteiger charge is -2.20. The van der Waals surface area contributed by atoms with Crippen molar-refractivity contribution in [1.29, 1.82) is 0 Å². The molecule has 3 N–H and O–H groups in total. The van der Waals surface area contributed by atoms with Crippen molar-refractivity contribution in [2.24, 2.45) is 5.41 Å². The van der Waals surface area contributed by atoms with E-state index in [1.54, 1.807) is 12.3 Å². The number of hydrogen-bond donors (Lipinski definition) is 3. The molecule has 0 aliphatic heterocycles. The van der Waals surface area contributed by atoms with Gasteiger partial charge in [0.05, 0.1) is 5.69 Å². The predicted molar refractivity (Wildman–Crippen MR) is 119 cm³/mol. The fraction of sp³-hybridized carbons (Fsp3) is 0.273. The van der Waals surface area contributed by atoms with Crippen LogP contribution in [0, 0.1) is 18.2 Å². The first kappa shape index (κ1) is 21.2. The van der Waals surface area contributed by atoms with Crippen molar-refractivity contribution < 1.29 is 9.18 Å². The summed E-state index contributed by atoms with van der Waals surface area (Å²) in [5.41, 5.74) is 1.89. The molecule has 0 unspecified atom stereocenters. The minimum Gasteiger partial charge on any atom is -0.368 e. The Morgan fingerprint density at radius 1 is 1.27 bits per heavy atom. The molecule has 0 spiro atoms. The quantitative estimate of drug-likeness (QED) is 0.508. The van der Waals surface area contributed by atoms with Crippen molar-refractivity contribution in [2.75, 3.05) is 22.5 Å². The van der Waals surface area contributed by atoms with Crippen LogP contribution in [0.25, 0.3) is 10.9 Å². The number of carbonyl (C=O) groups is 1. The molecule has 2 aromatic heterocycles. The summed E-state index contributed by atoms with van der Waals surface area (Å²) in [5, 5.41) is 9.64. The van der Waals surface area contributed by atoms with E-state index in [0.717, 1.165) is 17.2 Å². The molecule has 0 saturated carbocycles. The van der Waals surface area contributed by atoms with Gasteiger partial charge in [0.1, 0.15) is 17.0 Å². The minimum absolute atomic E-state index is 0.000732. The van der Waals surface area contributed by atoms with Crippen LogP contribution >= 0.6 is 0 Å². The molecular formula is C22H25FN6O. The van der Waals surface area contributed by atoms with Crippen molar-refractivity contribution in [3.8, 4) is 0 Å². The van der Waals surface area contributed by atoms with E-state index in [2.05, 4.69) is 58.3 Å². The summed E-state index contributed by atoms with van der Waals surface area (Å²) in [4.78, 5) is 25.2. The first-order valence-corrected chi connectivity index (χ1v) is 9.53. The molecule has 0 bridgehead atoms. The molecule has 0 atom stereocenters. The van der Waals surface area contributed by atoms with Gasteiger partial charge in [0.2, 0.25) is 11.9 Å². The summed E-state index contributed by atoms with van der Waals surface area (Å²) < 4.78 is 14.3. The normalized spacial score (nSPS) is 11.2. The van der Waals surface area contributed by atoms with Crippen LogP contribution in [0.3, 0.4) is 0 Å². The third-order valence-electron chi connectivity index (χ3n) is 4.17. The average molecular weight is 408 g/mol. The molecule has 1 aromatic carbocycles. The Balaban J connectivity index is 1.98. The zero-order chi connectivity index (χ0) is 21.9. The number of fused-ring (bicyclic) bond motifs is 1. The zero-order valence-electron chi connectivity index (χ0n) is 17.5. The number of halogens is 1. The molecule has 1 amide bonds. The van der Waals surface area contributed by atoms with Crippen LogP contribution in [-0.4, -0.2) is 27.4 Å². The molecule has 2 heterocycles. The summed E-state index contributed by atoms with van der Waals surface area (Å²) >= 11 is 0. The number of nitrogens with one attached hydrogen (secondary N) is 3. The number of benzene rings is 1. The van der Waals surface area contributed by atoms with Crippen molar-refractivity contribution in [2.45, 2.75) is 27.7 Å². The average Bonchev–Trinajstić information content (AvgIpc) is 2.68. The molecule has 156 valence electrons. The number of amides is 1. The summed E-state index contributed by atoms with van der Waals surface area (Å²) in [6.07, 6.45) is 2.76. The molecule has 0 saturated heterocycles. The number of para-hydroxylation sites is 1. The number of hydrogen-bond acceptors (Lipinski definition) is 6. The van der Waals surface area contributed by atoms with Crippen LogP contribution in [-0.2, 0) is 4.79 Å². The number of rotatable bonds is 6. The Hall–Kier alpha value is -3.55. The molecule has 0 aliphatic carbocycles. The van der Waals surface area contributed by atoms with E-state index in [4.69, 9.17) is 0 Å². The van der Waals surface area contributed by atoms with Gasteiger partial charge in [-0.15, -0.1) is 0 Å². The Labute approximate surface area is 174 Å². The standard InChI is InChI=1S/C22H25FN6O/c1-6-17(30)28-19-15(23)8-7-9-16(19)27-21-24-11-14-10-13(2)26-20(18(14)29-21)25-12-22(3,4)5/h6-11H,1,12H2,2-5H3,(H,25,26)(H,28,30)(H,24,27,29). The summed E-state index contributed by atoms with van der Waals surface area (Å²) in [5.74, 6) is -0.187. The van der Waals surface area contributed by atoms with Crippen LogP contribution in [0.1, 0.15) is 26.5 Å². The number of anilines is 4. The lowest BCUT2D eigenvalue weighted by molar-refractivity contribution is -0.111. The fourth-order valence-electron chi connectivity index (χ4n) is 2.76. The zero-order valence-corrected chi connectivity index (χ0v) is 17.5. The third-order valence-corrected chi connectivity index (χ3v) is 4.17. The smallest absolute Gasteiger partial charge is 0.247 e. The highest BCUT2D eigenvalue weighted by Gasteiger charge is 2.15. The Bertz CT molecular complexity index is 1110. The van der Waals surface area contributed by atoms with Crippen molar-refractivity contribution in [3.63, 3.8) is 0 Å². The minimum atomic E-state index is -0.583. The highest BCUT2D eigenvalue weighted by molar-refractivity contribution is 6.01. The van der Waals surface area contributed by atoms with E-state index in [9.17, 15) is 9.18 Å². The van der Waals surface area contributed by atoms with Crippen molar-refractivity contribution >= 4 is 40.0 Å². The summed E-state index contributed by atoms with van der Waals surface area (Å²) in [6, 6.07) is 6.32. The molecule has 8 heteroatoms. The van der Waals surface area contributed by atoms with Gasteiger partial charge in [-0.3, -0.25) is 4.79 Å². The lowest BCUT2D eigenvalue weighted by Crippen LogP contribution is -2.20. The summed E-state index contributed by atoms with van der Waals surface area (Å²) in [7, 11) is 0. The van der Waals surface area contributed by atoms with Gasteiger partial charge >= 0.3 is 0 Å². The molecule has 3 rings (SSSR count). The first-order chi connectivity index (χ1) is 14.2. The second-order valence-electron chi connectivity index (χ2n) is 8.14. The maximum atomic E-state index is 14.3. The van der Waals surface area contributed by atoms with Gasteiger partial charge < -0.3 is 16.0 Å². The maximum Gasteiger partial charge on any atom is 0.247 e. The van der Waals surface area contributed by atoms with Gasteiger partial charge in [-0.05, 0) is 36.6 Å². The van der Waals surface area contributed by atoms with E-state index in [1.165, 1.54) is 12.1 Å². The number of aromatic nitrogens is 3. The van der Waals surface area contributed by atoms with Crippen LogP contribution < -0.4 is 16.0 Å². The third kappa shape index (κ3) is 5.08. The second kappa shape index (κ2) is 8.44. The van der Waals surface area contributed by atoms with E-state index < -0.39 is 11.7 Å². The monoisotopic (exact) mass is 408 g/mol. The van der Waals surface area contributed by atoms with E-state index in [1.807, 2.05) is 13.0 Å². The van der Waals surface area contributed by atoms with Gasteiger partial charge in [-0.1, -0.05) is 33.4 Å². The van der Waals surface area contributed by atoms with E-state index >= 15 is 0 Å². The molecule has 0 aliphatic rings. The van der Waals surface area contributed by atoms with E-state index in [-0.39, 0.29) is 17.1 Å². The van der Waals surface area contributed by atoms with Crippen molar-refractivity contribution in [3.05, 3.63) is 54.6 Å². The van der Waals surface area contributed by atoms with Crippen LogP contribution in [0.2, 0.25) is 0 Å². The first-order valence-electron chi connectivity index (χ1n) is 9.53.